The quantitative estimate of drug-likeness (QED) is 0.524. The Morgan fingerprint density at radius 3 is 2.03 bits per heavy atom. The molecule has 4 rings (SSSR count). The topological polar surface area (TPSA) is 60.4 Å². The second-order valence-corrected chi connectivity index (χ2v) is 10.3. The summed E-state index contributed by atoms with van der Waals surface area (Å²) in [6, 6.07) is 11.3. The van der Waals surface area contributed by atoms with Gasteiger partial charge in [-0.05, 0) is 71.9 Å². The van der Waals surface area contributed by atoms with Crippen molar-refractivity contribution < 1.29 is 19.1 Å². The summed E-state index contributed by atoms with van der Waals surface area (Å²) >= 11 is 0. The maximum Gasteiger partial charge on any atom is 0.308 e. The molecule has 0 unspecified atom stereocenters. The Balaban J connectivity index is 1.69. The molecular formula is C27H30O4. The van der Waals surface area contributed by atoms with Crippen LogP contribution in [-0.2, 0) is 20.4 Å². The van der Waals surface area contributed by atoms with Gasteiger partial charge in [-0.1, -0.05) is 39.8 Å². The number of benzene rings is 2. The highest BCUT2D eigenvalue weighted by molar-refractivity contribution is 6.28. The Bertz CT molecular complexity index is 1080. The molecule has 4 heteroatoms. The van der Waals surface area contributed by atoms with Crippen molar-refractivity contribution in [1.82, 2.24) is 0 Å². The molecule has 0 spiro atoms. The zero-order valence-electron chi connectivity index (χ0n) is 19.0. The second kappa shape index (κ2) is 7.44. The molecule has 1 saturated carbocycles. The highest BCUT2D eigenvalue weighted by Crippen LogP contribution is 2.43. The molecule has 0 aliphatic heterocycles. The number of carbonyl (C=O) groups excluding carboxylic acids is 3. The number of ether oxygens (including phenoxy) is 1. The highest BCUT2D eigenvalue weighted by atomic mass is 16.5. The first kappa shape index (κ1) is 21.5. The van der Waals surface area contributed by atoms with Crippen molar-refractivity contribution in [2.24, 2.45) is 5.92 Å². The Morgan fingerprint density at radius 1 is 0.903 bits per heavy atom. The van der Waals surface area contributed by atoms with Gasteiger partial charge in [0, 0.05) is 22.3 Å². The number of methoxy groups -OCH3 is 1. The lowest BCUT2D eigenvalue weighted by molar-refractivity contribution is -0.146. The van der Waals surface area contributed by atoms with Crippen LogP contribution in [0.3, 0.4) is 0 Å². The molecule has 2 aromatic carbocycles. The Kier molecular flexibility index (Phi) is 5.15. The summed E-state index contributed by atoms with van der Waals surface area (Å²) in [5, 5.41) is 0. The lowest BCUT2D eigenvalue weighted by atomic mass is 9.67. The normalized spacial score (nSPS) is 23.2. The van der Waals surface area contributed by atoms with Crippen LogP contribution in [0.1, 0.15) is 96.3 Å². The van der Waals surface area contributed by atoms with Crippen molar-refractivity contribution in [3.8, 4) is 0 Å². The Morgan fingerprint density at radius 2 is 1.45 bits per heavy atom. The van der Waals surface area contributed by atoms with Crippen LogP contribution in [-0.4, -0.2) is 24.6 Å². The van der Waals surface area contributed by atoms with Gasteiger partial charge >= 0.3 is 5.97 Å². The van der Waals surface area contributed by atoms with E-state index in [-0.39, 0.29) is 34.3 Å². The molecule has 162 valence electrons. The fraction of sp³-hybridized carbons (Fsp3) is 0.444. The van der Waals surface area contributed by atoms with Crippen LogP contribution in [0.4, 0.5) is 0 Å². The summed E-state index contributed by atoms with van der Waals surface area (Å²) in [5.41, 5.74) is 3.84. The minimum absolute atomic E-state index is 0.0541. The van der Waals surface area contributed by atoms with Crippen LogP contribution >= 0.6 is 0 Å². The summed E-state index contributed by atoms with van der Waals surface area (Å²) < 4.78 is 4.91. The highest BCUT2D eigenvalue weighted by Gasteiger charge is 2.38. The van der Waals surface area contributed by atoms with E-state index < -0.39 is 0 Å². The molecule has 2 aliphatic rings. The van der Waals surface area contributed by atoms with Crippen molar-refractivity contribution in [1.29, 1.82) is 0 Å². The first-order valence-corrected chi connectivity index (χ1v) is 11.0. The Labute approximate surface area is 184 Å². The van der Waals surface area contributed by atoms with Gasteiger partial charge in [-0.25, -0.2) is 0 Å². The molecule has 1 fully saturated rings. The number of hydrogen-bond donors (Lipinski definition) is 0. The van der Waals surface area contributed by atoms with Gasteiger partial charge in [0.2, 0.25) is 0 Å². The number of rotatable bonds is 2. The first-order valence-electron chi connectivity index (χ1n) is 11.0. The van der Waals surface area contributed by atoms with E-state index in [1.807, 2.05) is 30.3 Å². The van der Waals surface area contributed by atoms with Gasteiger partial charge in [-0.3, -0.25) is 14.4 Å². The van der Waals surface area contributed by atoms with E-state index in [4.69, 9.17) is 4.74 Å². The van der Waals surface area contributed by atoms with E-state index >= 15 is 0 Å². The van der Waals surface area contributed by atoms with E-state index in [0.29, 0.717) is 22.3 Å². The molecule has 0 radical (unpaired) electrons. The molecule has 0 aromatic heterocycles. The molecule has 0 N–H and O–H groups in total. The summed E-state index contributed by atoms with van der Waals surface area (Å²) in [4.78, 5) is 38.5. The number of esters is 1. The number of carbonyl (C=O) groups is 3. The maximum absolute atomic E-state index is 13.4. The fourth-order valence-electron chi connectivity index (χ4n) is 4.94. The fourth-order valence-corrected chi connectivity index (χ4v) is 4.94. The molecule has 0 bridgehead atoms. The molecule has 0 saturated heterocycles. The molecule has 2 aliphatic carbocycles. The Hall–Kier alpha value is -2.75. The predicted octanol–water partition coefficient (Wildman–Crippen LogP) is 5.38. The third-order valence-corrected chi connectivity index (χ3v) is 7.20. The number of ketones is 2. The van der Waals surface area contributed by atoms with Crippen molar-refractivity contribution in [3.05, 3.63) is 69.8 Å². The van der Waals surface area contributed by atoms with Crippen LogP contribution < -0.4 is 0 Å². The van der Waals surface area contributed by atoms with Crippen molar-refractivity contribution in [3.63, 3.8) is 0 Å². The third-order valence-electron chi connectivity index (χ3n) is 7.20. The van der Waals surface area contributed by atoms with Crippen molar-refractivity contribution >= 4 is 17.5 Å². The van der Waals surface area contributed by atoms with Crippen LogP contribution in [0.2, 0.25) is 0 Å². The van der Waals surface area contributed by atoms with Crippen molar-refractivity contribution in [2.45, 2.75) is 64.2 Å². The van der Waals surface area contributed by atoms with Gasteiger partial charge in [0.1, 0.15) is 0 Å². The first-order chi connectivity index (χ1) is 14.5. The summed E-state index contributed by atoms with van der Waals surface area (Å²) in [5.74, 6) is -0.360. The number of fused-ring (bicyclic) bond motifs is 2. The lowest BCUT2D eigenvalue weighted by Gasteiger charge is -2.37. The van der Waals surface area contributed by atoms with Crippen LogP contribution in [0.25, 0.3) is 0 Å². The maximum atomic E-state index is 13.4. The van der Waals surface area contributed by atoms with Gasteiger partial charge < -0.3 is 4.74 Å². The second-order valence-electron chi connectivity index (χ2n) is 10.3. The van der Waals surface area contributed by atoms with Crippen LogP contribution in [0, 0.1) is 5.92 Å². The van der Waals surface area contributed by atoms with Gasteiger partial charge in [0.25, 0.3) is 0 Å². The van der Waals surface area contributed by atoms with E-state index in [1.165, 1.54) is 7.11 Å². The van der Waals surface area contributed by atoms with E-state index in [9.17, 15) is 14.4 Å². The molecule has 4 nitrogen and oxygen atoms in total. The average molecular weight is 419 g/mol. The molecule has 0 heterocycles. The molecule has 0 atom stereocenters. The van der Waals surface area contributed by atoms with E-state index in [2.05, 4.69) is 27.7 Å². The summed E-state index contributed by atoms with van der Waals surface area (Å²) in [6.07, 6.45) is 3.23. The zero-order chi connectivity index (χ0) is 22.6. The monoisotopic (exact) mass is 418 g/mol. The van der Waals surface area contributed by atoms with Gasteiger partial charge in [-0.2, -0.15) is 0 Å². The molecule has 2 aromatic rings. The third kappa shape index (κ3) is 3.62. The molecule has 31 heavy (non-hydrogen) atoms. The zero-order valence-corrected chi connectivity index (χ0v) is 19.0. The molecular weight excluding hydrogens is 388 g/mol. The largest absolute Gasteiger partial charge is 0.469 e. The van der Waals surface area contributed by atoms with Crippen molar-refractivity contribution in [2.75, 3.05) is 7.11 Å². The van der Waals surface area contributed by atoms with Gasteiger partial charge in [0.05, 0.1) is 13.0 Å². The van der Waals surface area contributed by atoms with Crippen LogP contribution in [0.15, 0.2) is 36.4 Å². The summed E-state index contributed by atoms with van der Waals surface area (Å²) in [7, 11) is 1.44. The predicted molar refractivity (Wildman–Crippen MR) is 120 cm³/mol. The lowest BCUT2D eigenvalue weighted by Crippen LogP contribution is -2.32. The number of hydrogen-bond acceptors (Lipinski definition) is 4. The van der Waals surface area contributed by atoms with Gasteiger partial charge in [-0.15, -0.1) is 0 Å². The van der Waals surface area contributed by atoms with E-state index in [1.54, 1.807) is 6.07 Å². The summed E-state index contributed by atoms with van der Waals surface area (Å²) in [6.45, 7) is 8.48. The van der Waals surface area contributed by atoms with Gasteiger partial charge in [0.15, 0.2) is 11.6 Å². The standard InChI is InChI=1S/C27H30O4/c1-26(2,3)17-6-8-19-21(14-17)24(29)22-15-18(7-9-20(22)23(19)28)27(4)12-10-16(11-13-27)25(30)31-5/h6-9,14-16H,10-13H2,1-5H3. The van der Waals surface area contributed by atoms with Crippen LogP contribution in [0.5, 0.6) is 0 Å². The average Bonchev–Trinajstić information content (AvgIpc) is 2.76. The smallest absolute Gasteiger partial charge is 0.308 e. The minimum atomic E-state index is -0.139. The van der Waals surface area contributed by atoms with E-state index in [0.717, 1.165) is 36.8 Å². The SMILES string of the molecule is COC(=O)C1CCC(C)(c2ccc3c(c2)C(=O)c2cc(C(C)(C)C)ccc2C3=O)CC1. The minimum Gasteiger partial charge on any atom is -0.469 e. The molecule has 0 amide bonds.